The fourth-order valence-corrected chi connectivity index (χ4v) is 6.49. The van der Waals surface area contributed by atoms with E-state index < -0.39 is 64.6 Å². The Labute approximate surface area is 354 Å². The van der Waals surface area contributed by atoms with Gasteiger partial charge in [-0.2, -0.15) is 0 Å². The first-order valence-corrected chi connectivity index (χ1v) is 20.0. The monoisotopic (exact) mass is 840 g/mol. The molecule has 0 saturated carbocycles. The van der Waals surface area contributed by atoms with Gasteiger partial charge in [0.2, 0.25) is 0 Å². The van der Waals surface area contributed by atoms with E-state index in [0.29, 0.717) is 13.2 Å². The summed E-state index contributed by atoms with van der Waals surface area (Å²) in [5.74, 6) is -7.39. The van der Waals surface area contributed by atoms with Crippen LogP contribution in [0.5, 0.6) is 0 Å². The molecule has 0 amide bonds. The lowest BCUT2D eigenvalue weighted by molar-refractivity contribution is -0.00504. The second-order valence-electron chi connectivity index (χ2n) is 15.1. The number of hydrogen-bond donors (Lipinski definition) is 4. The van der Waals surface area contributed by atoms with E-state index in [0.717, 1.165) is 84.3 Å². The molecule has 0 bridgehead atoms. The largest absolute Gasteiger partial charge is 0.478 e. The molecule has 61 heavy (non-hydrogen) atoms. The number of esters is 2. The normalized spacial score (nSPS) is 12.3. The van der Waals surface area contributed by atoms with Crippen molar-refractivity contribution in [3.63, 3.8) is 0 Å². The van der Waals surface area contributed by atoms with Crippen molar-refractivity contribution in [2.45, 2.75) is 83.8 Å². The van der Waals surface area contributed by atoms with Crippen molar-refractivity contribution in [3.8, 4) is 0 Å². The zero-order chi connectivity index (χ0) is 44.7. The molecule has 4 N–H and O–H groups in total. The lowest BCUT2D eigenvalue weighted by atomic mass is 9.77. The average molecular weight is 841 g/mol. The molecule has 4 rings (SSSR count). The minimum absolute atomic E-state index is 0.0646. The van der Waals surface area contributed by atoms with Gasteiger partial charge in [-0.1, -0.05) is 89.1 Å². The summed E-state index contributed by atoms with van der Waals surface area (Å²) in [7, 11) is 0. The third-order valence-corrected chi connectivity index (χ3v) is 10.2. The Kier molecular flexibility index (Phi) is 17.3. The molecule has 2 unspecified atom stereocenters. The number of rotatable bonds is 24. The molecule has 0 saturated heterocycles. The van der Waals surface area contributed by atoms with Crippen LogP contribution in [0.2, 0.25) is 0 Å². The van der Waals surface area contributed by atoms with Gasteiger partial charge in [-0.05, 0) is 71.5 Å². The smallest absolute Gasteiger partial charge is 0.339 e. The van der Waals surface area contributed by atoms with E-state index in [4.69, 9.17) is 18.9 Å². The van der Waals surface area contributed by atoms with Crippen molar-refractivity contribution in [2.75, 3.05) is 26.4 Å². The Morgan fingerprint density at radius 1 is 0.508 bits per heavy atom. The molecule has 0 aliphatic heterocycles. The van der Waals surface area contributed by atoms with Crippen LogP contribution in [0.15, 0.2) is 84.9 Å². The van der Waals surface area contributed by atoms with Crippen molar-refractivity contribution >= 4 is 35.8 Å². The molecular weight excluding hydrogens is 789 g/mol. The van der Waals surface area contributed by atoms with Gasteiger partial charge in [-0.15, -0.1) is 0 Å². The van der Waals surface area contributed by atoms with Crippen LogP contribution in [0, 0.1) is 0 Å². The molecule has 0 aliphatic rings. The Morgan fingerprint density at radius 3 is 1.18 bits per heavy atom. The van der Waals surface area contributed by atoms with E-state index >= 15 is 0 Å². The second-order valence-corrected chi connectivity index (χ2v) is 15.1. The molecule has 4 aromatic rings. The maximum absolute atomic E-state index is 13.3. The molecule has 0 heterocycles. The van der Waals surface area contributed by atoms with E-state index in [2.05, 4.69) is 13.8 Å². The topological polar surface area (TPSA) is 220 Å². The highest BCUT2D eigenvalue weighted by atomic mass is 16.6. The molecule has 2 atom stereocenters. The van der Waals surface area contributed by atoms with Gasteiger partial charge < -0.3 is 39.4 Å². The lowest BCUT2D eigenvalue weighted by Crippen LogP contribution is -2.27. The quantitative estimate of drug-likeness (QED) is 0.0388. The van der Waals surface area contributed by atoms with E-state index in [9.17, 15) is 49.2 Å². The number of aromatic carboxylic acids is 4. The van der Waals surface area contributed by atoms with Gasteiger partial charge in [-0.25, -0.2) is 28.8 Å². The minimum Gasteiger partial charge on any atom is -0.478 e. The highest BCUT2D eigenvalue weighted by Gasteiger charge is 2.27. The Morgan fingerprint density at radius 2 is 0.869 bits per heavy atom. The first-order chi connectivity index (χ1) is 29.0. The van der Waals surface area contributed by atoms with Gasteiger partial charge in [0.15, 0.2) is 0 Å². The van der Waals surface area contributed by atoms with Crippen LogP contribution in [0.25, 0.3) is 0 Å². The number of carbonyl (C=O) groups excluding carboxylic acids is 2. The molecule has 0 aliphatic carbocycles. The Balaban J connectivity index is 1.48. The summed E-state index contributed by atoms with van der Waals surface area (Å²) in [4.78, 5) is 73.1. The summed E-state index contributed by atoms with van der Waals surface area (Å²) in [6.45, 7) is 9.19. The fourth-order valence-electron chi connectivity index (χ4n) is 6.49. The van der Waals surface area contributed by atoms with Gasteiger partial charge >= 0.3 is 35.8 Å². The van der Waals surface area contributed by atoms with Crippen molar-refractivity contribution in [1.29, 1.82) is 0 Å². The SMILES string of the molecule is CCCCOCC(Cc1ccc(C(C)(C)c2ccc(CC(COCCCC)OC(=O)c3ccc(C(=O)O)cc3C(=O)O)cc2)cc1)OC(=O)c1ccc(C(=O)O)cc1C(=O)O. The highest BCUT2D eigenvalue weighted by molar-refractivity contribution is 6.05. The second kappa shape index (κ2) is 22.3. The predicted octanol–water partition coefficient (Wildman–Crippen LogP) is 7.97. The van der Waals surface area contributed by atoms with Crippen molar-refractivity contribution in [1.82, 2.24) is 0 Å². The van der Waals surface area contributed by atoms with Gasteiger partial charge in [-0.3, -0.25) is 0 Å². The van der Waals surface area contributed by atoms with E-state index in [1.54, 1.807) is 0 Å². The van der Waals surface area contributed by atoms with Crippen LogP contribution < -0.4 is 0 Å². The fraction of sp³-hybridized carbons (Fsp3) is 0.362. The molecule has 0 fully saturated rings. The molecule has 0 aromatic heterocycles. The summed E-state index contributed by atoms with van der Waals surface area (Å²) in [6, 6.07) is 22.0. The number of unbranched alkanes of at least 4 members (excludes halogenated alkanes) is 2. The van der Waals surface area contributed by atoms with Crippen molar-refractivity contribution in [2.24, 2.45) is 0 Å². The van der Waals surface area contributed by atoms with Gasteiger partial charge in [0.25, 0.3) is 0 Å². The van der Waals surface area contributed by atoms with Gasteiger partial charge in [0, 0.05) is 31.5 Å². The highest BCUT2D eigenvalue weighted by Crippen LogP contribution is 2.32. The van der Waals surface area contributed by atoms with E-state index in [-0.39, 0.29) is 48.3 Å². The van der Waals surface area contributed by atoms with E-state index in [1.807, 2.05) is 62.4 Å². The number of benzene rings is 4. The number of carbonyl (C=O) groups is 6. The maximum Gasteiger partial charge on any atom is 0.339 e. The minimum atomic E-state index is -1.46. The number of ether oxygens (including phenoxy) is 4. The van der Waals surface area contributed by atoms with Crippen LogP contribution in [-0.4, -0.2) is 94.9 Å². The summed E-state index contributed by atoms with van der Waals surface area (Å²) in [5, 5.41) is 38.0. The summed E-state index contributed by atoms with van der Waals surface area (Å²) in [5.41, 5.74) is 1.14. The van der Waals surface area contributed by atoms with Crippen molar-refractivity contribution < 1.29 is 68.1 Å². The molecule has 4 aromatic carbocycles. The zero-order valence-electron chi connectivity index (χ0n) is 34.7. The molecular formula is C47H52O14. The van der Waals surface area contributed by atoms with Crippen molar-refractivity contribution in [3.05, 3.63) is 141 Å². The van der Waals surface area contributed by atoms with Crippen LogP contribution in [0.4, 0.5) is 0 Å². The molecule has 14 nitrogen and oxygen atoms in total. The van der Waals surface area contributed by atoms with E-state index in [1.165, 1.54) is 0 Å². The van der Waals surface area contributed by atoms with Crippen LogP contribution in [0.1, 0.15) is 138 Å². The molecule has 0 spiro atoms. The summed E-state index contributed by atoms with van der Waals surface area (Å²) < 4.78 is 23.1. The summed E-state index contributed by atoms with van der Waals surface area (Å²) >= 11 is 0. The van der Waals surface area contributed by atoms with Crippen LogP contribution in [-0.2, 0) is 37.2 Å². The van der Waals surface area contributed by atoms with Crippen LogP contribution >= 0.6 is 0 Å². The first kappa shape index (κ1) is 47.3. The first-order valence-electron chi connectivity index (χ1n) is 20.0. The third-order valence-electron chi connectivity index (χ3n) is 10.2. The standard InChI is InChI=1S/C47H52O14/c1-5-7-21-58-27-35(60-45(56)37-19-13-31(41(48)49)25-39(37)43(52)53)23-29-9-15-33(16-10-29)47(3,4)34-17-11-30(12-18-34)24-36(28-59-22-8-6-2)61-46(57)38-20-14-32(42(50)51)26-40(38)44(54)55/h9-20,25-26,35-36H,5-8,21-24,27-28H2,1-4H3,(H,48,49)(H,50,51)(H,52,53)(H,54,55). The zero-order valence-corrected chi connectivity index (χ0v) is 34.7. The number of carboxylic acids is 4. The van der Waals surface area contributed by atoms with Gasteiger partial charge in [0.05, 0.1) is 46.6 Å². The Bertz CT molecular complexity index is 2020. The lowest BCUT2D eigenvalue weighted by Gasteiger charge is -2.27. The maximum atomic E-state index is 13.3. The number of hydrogen-bond acceptors (Lipinski definition) is 10. The summed E-state index contributed by atoms with van der Waals surface area (Å²) in [6.07, 6.45) is 2.39. The number of carboxylic acid groups (broad SMARTS) is 4. The third kappa shape index (κ3) is 13.3. The molecule has 324 valence electrons. The Hall–Kier alpha value is -6.38. The molecule has 0 radical (unpaired) electrons. The van der Waals surface area contributed by atoms with Crippen LogP contribution in [0.3, 0.4) is 0 Å². The average Bonchev–Trinajstić information content (AvgIpc) is 3.23. The predicted molar refractivity (Wildman–Crippen MR) is 223 cm³/mol. The molecule has 14 heteroatoms. The van der Waals surface area contributed by atoms with Gasteiger partial charge in [0.1, 0.15) is 12.2 Å².